The molecule has 0 radical (unpaired) electrons. The molecule has 0 fully saturated rings. The summed E-state index contributed by atoms with van der Waals surface area (Å²) in [5, 5.41) is 5.86. The molecule has 1 N–H and O–H groups in total. The number of hydrogen-bond donors (Lipinski definition) is 1. The number of fused-ring (bicyclic) bond motifs is 1. The number of aryl methyl sites for hydroxylation is 1. The lowest BCUT2D eigenvalue weighted by atomic mass is 9.97. The van der Waals surface area contributed by atoms with Gasteiger partial charge in [-0.25, -0.2) is 0 Å². The van der Waals surface area contributed by atoms with Crippen LogP contribution in [0.15, 0.2) is 67.4 Å². The number of rotatable bonds is 4. The van der Waals surface area contributed by atoms with E-state index in [0.29, 0.717) is 0 Å². The van der Waals surface area contributed by atoms with E-state index >= 15 is 0 Å². The molecule has 2 nitrogen and oxygen atoms in total. The molecule has 0 aliphatic rings. The molecule has 104 valence electrons. The average molecular weight is 274 g/mol. The first-order valence-corrected chi connectivity index (χ1v) is 7.10. The number of hydrogen-bond acceptors (Lipinski definition) is 2. The van der Waals surface area contributed by atoms with E-state index in [4.69, 9.17) is 0 Å². The highest BCUT2D eigenvalue weighted by Gasteiger charge is 2.12. The largest absolute Gasteiger partial charge is 0.381 e. The summed E-state index contributed by atoms with van der Waals surface area (Å²) < 4.78 is 0. The van der Waals surface area contributed by atoms with E-state index in [2.05, 4.69) is 66.3 Å². The Morgan fingerprint density at radius 3 is 2.76 bits per heavy atom. The van der Waals surface area contributed by atoms with E-state index in [1.165, 1.54) is 16.3 Å². The second kappa shape index (κ2) is 5.80. The summed E-state index contributed by atoms with van der Waals surface area (Å²) in [6, 6.07) is 16.8. The standard InChI is InChI=1S/C19H18N2/c1-3-12-20-17-11-10-15-8-4-5-9-16(15)18(17)19-14(2)7-6-13-21-19/h3-11,13,20H,1,12H2,2H3. The van der Waals surface area contributed by atoms with E-state index < -0.39 is 0 Å². The topological polar surface area (TPSA) is 24.9 Å². The van der Waals surface area contributed by atoms with E-state index in [9.17, 15) is 0 Å². The van der Waals surface area contributed by atoms with Crippen molar-refractivity contribution in [2.45, 2.75) is 6.92 Å². The van der Waals surface area contributed by atoms with Crippen LogP contribution in [0.1, 0.15) is 5.56 Å². The maximum atomic E-state index is 4.60. The van der Waals surface area contributed by atoms with Crippen LogP contribution in [0.4, 0.5) is 5.69 Å². The van der Waals surface area contributed by atoms with Crippen molar-refractivity contribution in [3.63, 3.8) is 0 Å². The Kier molecular flexibility index (Phi) is 3.69. The van der Waals surface area contributed by atoms with Crippen LogP contribution in [0.25, 0.3) is 22.0 Å². The molecule has 1 aromatic heterocycles. The highest BCUT2D eigenvalue weighted by molar-refractivity contribution is 6.02. The molecule has 0 saturated heterocycles. The van der Waals surface area contributed by atoms with Crippen molar-refractivity contribution < 1.29 is 0 Å². The van der Waals surface area contributed by atoms with Crippen molar-refractivity contribution in [1.29, 1.82) is 0 Å². The Morgan fingerprint density at radius 1 is 1.10 bits per heavy atom. The van der Waals surface area contributed by atoms with Crippen LogP contribution in [-0.2, 0) is 0 Å². The molecule has 21 heavy (non-hydrogen) atoms. The van der Waals surface area contributed by atoms with Gasteiger partial charge in [0.15, 0.2) is 0 Å². The SMILES string of the molecule is C=CCNc1ccc2ccccc2c1-c1ncccc1C. The lowest BCUT2D eigenvalue weighted by Crippen LogP contribution is -2.01. The minimum absolute atomic E-state index is 0.733. The molecule has 0 amide bonds. The Bertz CT molecular complexity index is 790. The maximum absolute atomic E-state index is 4.60. The summed E-state index contributed by atoms with van der Waals surface area (Å²) in [6.45, 7) is 6.61. The fourth-order valence-electron chi connectivity index (χ4n) is 2.60. The summed E-state index contributed by atoms with van der Waals surface area (Å²) in [7, 11) is 0. The first kappa shape index (κ1) is 13.4. The number of benzene rings is 2. The van der Waals surface area contributed by atoms with Gasteiger partial charge >= 0.3 is 0 Å². The molecule has 3 rings (SSSR count). The van der Waals surface area contributed by atoms with E-state index in [1.807, 2.05) is 18.3 Å². The first-order valence-electron chi connectivity index (χ1n) is 7.10. The Labute approximate surface area is 125 Å². The zero-order valence-corrected chi connectivity index (χ0v) is 12.1. The molecule has 2 heteroatoms. The first-order chi connectivity index (χ1) is 10.3. The van der Waals surface area contributed by atoms with Gasteiger partial charge in [0.2, 0.25) is 0 Å². The van der Waals surface area contributed by atoms with Crippen LogP contribution in [0.3, 0.4) is 0 Å². The van der Waals surface area contributed by atoms with Gasteiger partial charge in [-0.05, 0) is 35.4 Å². The van der Waals surface area contributed by atoms with Crippen LogP contribution in [0.5, 0.6) is 0 Å². The summed E-state index contributed by atoms with van der Waals surface area (Å²) in [4.78, 5) is 4.60. The van der Waals surface area contributed by atoms with Gasteiger partial charge in [0.05, 0.1) is 5.69 Å². The molecular formula is C19H18N2. The van der Waals surface area contributed by atoms with Crippen LogP contribution in [0, 0.1) is 6.92 Å². The highest BCUT2D eigenvalue weighted by atomic mass is 14.9. The normalized spacial score (nSPS) is 10.5. The Hall–Kier alpha value is -2.61. The zero-order chi connectivity index (χ0) is 14.7. The van der Waals surface area contributed by atoms with Crippen molar-refractivity contribution >= 4 is 16.5 Å². The third-order valence-electron chi connectivity index (χ3n) is 3.61. The molecule has 0 aliphatic heterocycles. The fourth-order valence-corrected chi connectivity index (χ4v) is 2.60. The summed E-state index contributed by atoms with van der Waals surface area (Å²) in [6.07, 6.45) is 3.71. The quantitative estimate of drug-likeness (QED) is 0.691. The molecule has 0 atom stereocenters. The number of aromatic nitrogens is 1. The molecule has 0 unspecified atom stereocenters. The maximum Gasteiger partial charge on any atom is 0.0758 e. The third kappa shape index (κ3) is 2.52. The van der Waals surface area contributed by atoms with Crippen molar-refractivity contribution in [2.24, 2.45) is 0 Å². The summed E-state index contributed by atoms with van der Waals surface area (Å²) in [5.74, 6) is 0. The Morgan fingerprint density at radius 2 is 1.95 bits per heavy atom. The smallest absolute Gasteiger partial charge is 0.0758 e. The van der Waals surface area contributed by atoms with Gasteiger partial charge < -0.3 is 5.32 Å². The average Bonchev–Trinajstić information content (AvgIpc) is 2.53. The monoisotopic (exact) mass is 274 g/mol. The number of nitrogens with one attached hydrogen (secondary N) is 1. The molecule has 0 spiro atoms. The van der Waals surface area contributed by atoms with Crippen LogP contribution >= 0.6 is 0 Å². The second-order valence-electron chi connectivity index (χ2n) is 5.05. The van der Waals surface area contributed by atoms with Crippen LogP contribution < -0.4 is 5.32 Å². The molecule has 3 aromatic rings. The highest BCUT2D eigenvalue weighted by Crippen LogP contribution is 2.35. The molecule has 2 aromatic carbocycles. The molecule has 1 heterocycles. The lowest BCUT2D eigenvalue weighted by Gasteiger charge is -2.15. The van der Waals surface area contributed by atoms with E-state index in [1.54, 1.807) is 0 Å². The fraction of sp³-hybridized carbons (Fsp3) is 0.105. The number of pyridine rings is 1. The summed E-state index contributed by atoms with van der Waals surface area (Å²) >= 11 is 0. The number of nitrogens with zero attached hydrogens (tertiary/aromatic N) is 1. The number of anilines is 1. The van der Waals surface area contributed by atoms with E-state index in [0.717, 1.165) is 23.5 Å². The minimum atomic E-state index is 0.733. The van der Waals surface area contributed by atoms with E-state index in [-0.39, 0.29) is 0 Å². The zero-order valence-electron chi connectivity index (χ0n) is 12.1. The lowest BCUT2D eigenvalue weighted by molar-refractivity contribution is 1.26. The molecular weight excluding hydrogens is 256 g/mol. The van der Waals surface area contributed by atoms with Crippen molar-refractivity contribution in [1.82, 2.24) is 4.98 Å². The van der Waals surface area contributed by atoms with Gasteiger partial charge in [-0.2, -0.15) is 0 Å². The molecule has 0 saturated carbocycles. The predicted octanol–water partition coefficient (Wildman–Crippen LogP) is 4.81. The van der Waals surface area contributed by atoms with Crippen molar-refractivity contribution in [3.05, 3.63) is 72.9 Å². The van der Waals surface area contributed by atoms with Gasteiger partial charge in [0.25, 0.3) is 0 Å². The Balaban J connectivity index is 2.30. The minimum Gasteiger partial charge on any atom is -0.381 e. The van der Waals surface area contributed by atoms with Gasteiger partial charge in [0.1, 0.15) is 0 Å². The molecule has 0 bridgehead atoms. The van der Waals surface area contributed by atoms with Gasteiger partial charge in [0, 0.05) is 24.0 Å². The van der Waals surface area contributed by atoms with Crippen LogP contribution in [0.2, 0.25) is 0 Å². The van der Waals surface area contributed by atoms with Gasteiger partial charge in [-0.15, -0.1) is 6.58 Å². The molecule has 0 aliphatic carbocycles. The van der Waals surface area contributed by atoms with Crippen molar-refractivity contribution in [2.75, 3.05) is 11.9 Å². The van der Waals surface area contributed by atoms with Crippen molar-refractivity contribution in [3.8, 4) is 11.3 Å². The van der Waals surface area contributed by atoms with Crippen LogP contribution in [-0.4, -0.2) is 11.5 Å². The second-order valence-corrected chi connectivity index (χ2v) is 5.05. The third-order valence-corrected chi connectivity index (χ3v) is 3.61. The predicted molar refractivity (Wildman–Crippen MR) is 90.6 cm³/mol. The summed E-state index contributed by atoms with van der Waals surface area (Å²) in [5.41, 5.74) is 4.46. The van der Waals surface area contributed by atoms with Gasteiger partial charge in [-0.3, -0.25) is 4.98 Å². The van der Waals surface area contributed by atoms with Gasteiger partial charge in [-0.1, -0.05) is 42.5 Å².